The lowest BCUT2D eigenvalue weighted by Crippen LogP contribution is -2.17. The molecule has 1 aliphatic carbocycles. The van der Waals surface area contributed by atoms with E-state index in [1.165, 1.54) is 17.6 Å². The minimum Gasteiger partial charge on any atom is -0.461 e. The van der Waals surface area contributed by atoms with Gasteiger partial charge in [-0.2, -0.15) is 0 Å². The van der Waals surface area contributed by atoms with Gasteiger partial charge in [0.15, 0.2) is 0 Å². The Morgan fingerprint density at radius 1 is 1.54 bits per heavy atom. The molecule has 0 amide bonds. The second-order valence-electron chi connectivity index (χ2n) is 3.32. The molecule has 0 bridgehead atoms. The highest BCUT2D eigenvalue weighted by molar-refractivity contribution is 6.44. The molecule has 13 heavy (non-hydrogen) atoms. The SMILES string of the molecule is CCOC(=O)C1=NCC2=C1CCC2. The molecule has 2 rings (SSSR count). The summed E-state index contributed by atoms with van der Waals surface area (Å²) >= 11 is 0. The Morgan fingerprint density at radius 2 is 2.38 bits per heavy atom. The first kappa shape index (κ1) is 8.48. The highest BCUT2D eigenvalue weighted by Crippen LogP contribution is 2.31. The first-order valence-corrected chi connectivity index (χ1v) is 4.75. The number of ether oxygens (including phenoxy) is 1. The molecular formula is C10H13NO2. The third-order valence-electron chi connectivity index (χ3n) is 2.51. The van der Waals surface area contributed by atoms with E-state index < -0.39 is 0 Å². The number of carbonyl (C=O) groups is 1. The van der Waals surface area contributed by atoms with Gasteiger partial charge in [0.05, 0.1) is 13.2 Å². The van der Waals surface area contributed by atoms with Crippen molar-refractivity contribution in [3.8, 4) is 0 Å². The van der Waals surface area contributed by atoms with Crippen LogP contribution in [0.4, 0.5) is 0 Å². The summed E-state index contributed by atoms with van der Waals surface area (Å²) in [6.07, 6.45) is 3.29. The molecule has 0 fully saturated rings. The molecule has 0 radical (unpaired) electrons. The lowest BCUT2D eigenvalue weighted by atomic mass is 10.1. The summed E-state index contributed by atoms with van der Waals surface area (Å²) in [4.78, 5) is 15.6. The summed E-state index contributed by atoms with van der Waals surface area (Å²) < 4.78 is 4.93. The van der Waals surface area contributed by atoms with Gasteiger partial charge in [-0.15, -0.1) is 0 Å². The normalized spacial score (nSPS) is 20.2. The first-order chi connectivity index (χ1) is 6.33. The highest BCUT2D eigenvalue weighted by atomic mass is 16.5. The van der Waals surface area contributed by atoms with Gasteiger partial charge in [-0.1, -0.05) is 0 Å². The van der Waals surface area contributed by atoms with Crippen LogP contribution in [-0.2, 0) is 9.53 Å². The van der Waals surface area contributed by atoms with E-state index >= 15 is 0 Å². The predicted octanol–water partition coefficient (Wildman–Crippen LogP) is 1.48. The monoisotopic (exact) mass is 179 g/mol. The van der Waals surface area contributed by atoms with E-state index in [9.17, 15) is 4.79 Å². The molecule has 3 heteroatoms. The van der Waals surface area contributed by atoms with Crippen LogP contribution >= 0.6 is 0 Å². The van der Waals surface area contributed by atoms with E-state index in [-0.39, 0.29) is 5.97 Å². The molecule has 1 aliphatic heterocycles. The van der Waals surface area contributed by atoms with Crippen LogP contribution in [0.15, 0.2) is 16.1 Å². The molecule has 0 aromatic heterocycles. The summed E-state index contributed by atoms with van der Waals surface area (Å²) in [5.74, 6) is -0.241. The minimum atomic E-state index is -0.241. The van der Waals surface area contributed by atoms with Crippen LogP contribution in [0.1, 0.15) is 26.2 Å². The molecule has 0 N–H and O–H groups in total. The van der Waals surface area contributed by atoms with E-state index in [2.05, 4.69) is 4.99 Å². The largest absolute Gasteiger partial charge is 0.461 e. The third-order valence-corrected chi connectivity index (χ3v) is 2.51. The summed E-state index contributed by atoms with van der Waals surface area (Å²) in [5, 5.41) is 0. The van der Waals surface area contributed by atoms with Crippen LogP contribution in [0.5, 0.6) is 0 Å². The van der Waals surface area contributed by atoms with Crippen molar-refractivity contribution in [1.29, 1.82) is 0 Å². The molecule has 0 aromatic carbocycles. The van der Waals surface area contributed by atoms with Gasteiger partial charge in [-0.3, -0.25) is 4.99 Å². The van der Waals surface area contributed by atoms with Gasteiger partial charge in [0, 0.05) is 0 Å². The molecule has 0 atom stereocenters. The van der Waals surface area contributed by atoms with E-state index in [4.69, 9.17) is 4.74 Å². The number of carbonyl (C=O) groups excluding carboxylic acids is 1. The van der Waals surface area contributed by atoms with Gasteiger partial charge in [-0.05, 0) is 37.3 Å². The standard InChI is InChI=1S/C10H13NO2/c1-2-13-10(12)9-8-5-3-4-7(8)6-11-9/h2-6H2,1H3. The van der Waals surface area contributed by atoms with Crippen molar-refractivity contribution in [2.24, 2.45) is 4.99 Å². The zero-order valence-corrected chi connectivity index (χ0v) is 7.80. The summed E-state index contributed by atoms with van der Waals surface area (Å²) in [5.41, 5.74) is 3.11. The van der Waals surface area contributed by atoms with Gasteiger partial charge in [0.25, 0.3) is 0 Å². The predicted molar refractivity (Wildman–Crippen MR) is 49.8 cm³/mol. The Morgan fingerprint density at radius 3 is 3.15 bits per heavy atom. The van der Waals surface area contributed by atoms with Crippen molar-refractivity contribution >= 4 is 11.7 Å². The Hall–Kier alpha value is -1.12. The van der Waals surface area contributed by atoms with E-state index in [1.807, 2.05) is 6.92 Å². The van der Waals surface area contributed by atoms with Crippen LogP contribution in [0, 0.1) is 0 Å². The quantitative estimate of drug-likeness (QED) is 0.602. The zero-order valence-electron chi connectivity index (χ0n) is 7.80. The molecule has 2 aliphatic rings. The fraction of sp³-hybridized carbons (Fsp3) is 0.600. The van der Waals surface area contributed by atoms with Gasteiger partial charge in [0.2, 0.25) is 0 Å². The Kier molecular flexibility index (Phi) is 2.17. The summed E-state index contributed by atoms with van der Waals surface area (Å²) in [6, 6.07) is 0. The second-order valence-corrected chi connectivity index (χ2v) is 3.32. The Balaban J connectivity index is 2.13. The Bertz CT molecular complexity index is 302. The van der Waals surface area contributed by atoms with E-state index in [0.717, 1.165) is 19.4 Å². The van der Waals surface area contributed by atoms with E-state index in [1.54, 1.807) is 0 Å². The van der Waals surface area contributed by atoms with Crippen LogP contribution in [0.25, 0.3) is 0 Å². The lowest BCUT2D eigenvalue weighted by Gasteiger charge is -2.02. The van der Waals surface area contributed by atoms with Crippen LogP contribution in [-0.4, -0.2) is 24.8 Å². The maximum absolute atomic E-state index is 11.4. The number of esters is 1. The summed E-state index contributed by atoms with van der Waals surface area (Å²) in [7, 11) is 0. The smallest absolute Gasteiger partial charge is 0.356 e. The molecule has 0 saturated heterocycles. The van der Waals surface area contributed by atoms with Crippen molar-refractivity contribution in [3.05, 3.63) is 11.1 Å². The lowest BCUT2D eigenvalue weighted by molar-refractivity contribution is -0.134. The number of nitrogens with zero attached hydrogens (tertiary/aromatic N) is 1. The first-order valence-electron chi connectivity index (χ1n) is 4.75. The third kappa shape index (κ3) is 1.39. The minimum absolute atomic E-state index is 0.241. The number of hydrogen-bond donors (Lipinski definition) is 0. The molecule has 0 saturated carbocycles. The van der Waals surface area contributed by atoms with Crippen LogP contribution in [0.2, 0.25) is 0 Å². The topological polar surface area (TPSA) is 38.7 Å². The summed E-state index contributed by atoms with van der Waals surface area (Å²) in [6.45, 7) is 2.97. The zero-order chi connectivity index (χ0) is 9.26. The average Bonchev–Trinajstić information content (AvgIpc) is 2.62. The molecule has 1 heterocycles. The van der Waals surface area contributed by atoms with Crippen LogP contribution < -0.4 is 0 Å². The van der Waals surface area contributed by atoms with Gasteiger partial charge in [-0.25, -0.2) is 4.79 Å². The van der Waals surface area contributed by atoms with Gasteiger partial charge < -0.3 is 4.74 Å². The maximum atomic E-state index is 11.4. The van der Waals surface area contributed by atoms with Crippen molar-refractivity contribution in [1.82, 2.24) is 0 Å². The number of hydrogen-bond acceptors (Lipinski definition) is 3. The van der Waals surface area contributed by atoms with E-state index in [0.29, 0.717) is 12.3 Å². The Labute approximate surface area is 77.5 Å². The van der Waals surface area contributed by atoms with Crippen molar-refractivity contribution in [2.45, 2.75) is 26.2 Å². The fourth-order valence-electron chi connectivity index (χ4n) is 1.92. The maximum Gasteiger partial charge on any atom is 0.356 e. The molecule has 0 aromatic rings. The number of aliphatic imine (C=N–C) groups is 1. The molecule has 70 valence electrons. The van der Waals surface area contributed by atoms with Crippen molar-refractivity contribution in [3.63, 3.8) is 0 Å². The number of rotatable bonds is 2. The molecular weight excluding hydrogens is 166 g/mol. The van der Waals surface area contributed by atoms with Crippen LogP contribution in [0.3, 0.4) is 0 Å². The molecule has 0 unspecified atom stereocenters. The average molecular weight is 179 g/mol. The van der Waals surface area contributed by atoms with Gasteiger partial charge >= 0.3 is 5.97 Å². The molecule has 0 spiro atoms. The fourth-order valence-corrected chi connectivity index (χ4v) is 1.92. The molecule has 3 nitrogen and oxygen atoms in total. The second kappa shape index (κ2) is 3.32. The van der Waals surface area contributed by atoms with Crippen molar-refractivity contribution < 1.29 is 9.53 Å². The highest BCUT2D eigenvalue weighted by Gasteiger charge is 2.28. The van der Waals surface area contributed by atoms with Gasteiger partial charge in [0.1, 0.15) is 5.71 Å². The van der Waals surface area contributed by atoms with Crippen molar-refractivity contribution in [2.75, 3.05) is 13.2 Å².